The first-order chi connectivity index (χ1) is 6.95. The van der Waals surface area contributed by atoms with Gasteiger partial charge in [-0.3, -0.25) is 0 Å². The molecule has 2 rings (SSSR count). The van der Waals surface area contributed by atoms with Crippen LogP contribution in [0.3, 0.4) is 0 Å². The first kappa shape index (κ1) is 11.7. The summed E-state index contributed by atoms with van der Waals surface area (Å²) in [7, 11) is 0. The highest BCUT2D eigenvalue weighted by molar-refractivity contribution is 4.84. The van der Waals surface area contributed by atoms with Crippen molar-refractivity contribution in [2.24, 2.45) is 0 Å². The van der Waals surface area contributed by atoms with E-state index in [1.165, 1.54) is 0 Å². The average molecular weight is 222 g/mol. The molecule has 0 aliphatic rings. The van der Waals surface area contributed by atoms with E-state index in [0.29, 0.717) is 0 Å². The fourth-order valence-electron chi connectivity index (χ4n) is 1.40. The second kappa shape index (κ2) is 6.14. The molecule has 15 heavy (non-hydrogen) atoms. The maximum atomic E-state index is 2.18. The Bertz CT molecular complexity index is 336. The van der Waals surface area contributed by atoms with Gasteiger partial charge < -0.3 is 12.4 Å². The number of aromatic nitrogens is 2. The van der Waals surface area contributed by atoms with Gasteiger partial charge in [-0.1, -0.05) is 12.1 Å². The van der Waals surface area contributed by atoms with Gasteiger partial charge in [-0.05, 0) is 0 Å². The minimum atomic E-state index is 0. The Morgan fingerprint density at radius 1 is 0.533 bits per heavy atom. The first-order valence-corrected chi connectivity index (χ1v) is 4.83. The fraction of sp³-hybridized carbons (Fsp3) is 0.167. The molecule has 0 N–H and O–H groups in total. The lowest BCUT2D eigenvalue weighted by atomic mass is 10.4. The molecule has 0 spiro atoms. The van der Waals surface area contributed by atoms with Gasteiger partial charge in [0.2, 0.25) is 13.1 Å². The molecule has 0 amide bonds. The molecule has 2 aromatic rings. The van der Waals surface area contributed by atoms with Gasteiger partial charge in [0.15, 0.2) is 24.8 Å². The third-order valence-corrected chi connectivity index (χ3v) is 2.17. The average Bonchev–Trinajstić information content (AvgIpc) is 2.29. The summed E-state index contributed by atoms with van der Waals surface area (Å²) < 4.78 is 4.36. The Morgan fingerprint density at radius 2 is 0.867 bits per heavy atom. The van der Waals surface area contributed by atoms with Crippen LogP contribution in [0.2, 0.25) is 0 Å². The van der Waals surface area contributed by atoms with Crippen molar-refractivity contribution in [3.63, 3.8) is 0 Å². The molecular formula is C12H14ClN2+. The van der Waals surface area contributed by atoms with Gasteiger partial charge in [-0.15, -0.1) is 0 Å². The summed E-state index contributed by atoms with van der Waals surface area (Å²) in [6.45, 7) is 2.02. The molecule has 0 aliphatic heterocycles. The van der Waals surface area contributed by atoms with Gasteiger partial charge in [0, 0.05) is 24.3 Å². The molecule has 78 valence electrons. The van der Waals surface area contributed by atoms with Crippen LogP contribution in [-0.4, -0.2) is 0 Å². The number of aryl methyl sites for hydroxylation is 2. The Kier molecular flexibility index (Phi) is 4.78. The minimum Gasteiger partial charge on any atom is -1.00 e. The SMILES string of the molecule is [Cl-].c1cc[n+](CC[n+]2ccccc2)cc1. The number of hydrogen-bond acceptors (Lipinski definition) is 0. The van der Waals surface area contributed by atoms with Crippen LogP contribution in [0.4, 0.5) is 0 Å². The summed E-state index contributed by atoms with van der Waals surface area (Å²) in [5, 5.41) is 0. The number of nitrogens with zero attached hydrogens (tertiary/aromatic N) is 2. The molecule has 0 aliphatic carbocycles. The molecule has 0 aromatic carbocycles. The van der Waals surface area contributed by atoms with E-state index >= 15 is 0 Å². The number of rotatable bonds is 3. The van der Waals surface area contributed by atoms with Crippen LogP contribution in [-0.2, 0) is 13.1 Å². The first-order valence-electron chi connectivity index (χ1n) is 4.83. The Morgan fingerprint density at radius 3 is 1.20 bits per heavy atom. The molecule has 3 heteroatoms. The third kappa shape index (κ3) is 3.68. The zero-order chi connectivity index (χ0) is 9.64. The van der Waals surface area contributed by atoms with E-state index in [2.05, 4.69) is 58.2 Å². The fourth-order valence-corrected chi connectivity index (χ4v) is 1.40. The summed E-state index contributed by atoms with van der Waals surface area (Å²) >= 11 is 0. The van der Waals surface area contributed by atoms with E-state index in [1.54, 1.807) is 0 Å². The zero-order valence-corrected chi connectivity index (χ0v) is 9.22. The second-order valence-corrected chi connectivity index (χ2v) is 3.23. The monoisotopic (exact) mass is 221 g/mol. The summed E-state index contributed by atoms with van der Waals surface area (Å²) in [5.74, 6) is 0. The van der Waals surface area contributed by atoms with E-state index in [-0.39, 0.29) is 12.4 Å². The van der Waals surface area contributed by atoms with Gasteiger partial charge in [0.1, 0.15) is 0 Å². The molecule has 2 nitrogen and oxygen atoms in total. The third-order valence-electron chi connectivity index (χ3n) is 2.17. The summed E-state index contributed by atoms with van der Waals surface area (Å²) in [4.78, 5) is 0. The van der Waals surface area contributed by atoms with Gasteiger partial charge in [-0.2, -0.15) is 9.13 Å². The lowest BCUT2D eigenvalue weighted by Crippen LogP contribution is -3.00. The van der Waals surface area contributed by atoms with Crippen molar-refractivity contribution in [3.8, 4) is 0 Å². The molecule has 2 heterocycles. The van der Waals surface area contributed by atoms with Crippen molar-refractivity contribution in [2.75, 3.05) is 0 Å². The van der Waals surface area contributed by atoms with E-state index in [9.17, 15) is 0 Å². The maximum Gasteiger partial charge on any atom is 0.206 e. The summed E-state index contributed by atoms with van der Waals surface area (Å²) in [5.41, 5.74) is 0. The van der Waals surface area contributed by atoms with Crippen molar-refractivity contribution in [3.05, 3.63) is 61.2 Å². The van der Waals surface area contributed by atoms with Crippen molar-refractivity contribution in [1.29, 1.82) is 0 Å². The number of hydrogen-bond donors (Lipinski definition) is 0. The molecule has 2 aromatic heterocycles. The van der Waals surface area contributed by atoms with Crippen LogP contribution in [0, 0.1) is 0 Å². The zero-order valence-electron chi connectivity index (χ0n) is 8.46. The highest BCUT2D eigenvalue weighted by atomic mass is 35.5. The van der Waals surface area contributed by atoms with Gasteiger partial charge >= 0.3 is 0 Å². The maximum absolute atomic E-state index is 2.18. The topological polar surface area (TPSA) is 7.76 Å². The second-order valence-electron chi connectivity index (χ2n) is 3.23. The number of pyridine rings is 2. The lowest BCUT2D eigenvalue weighted by molar-refractivity contribution is -0.778. The predicted octanol–water partition coefficient (Wildman–Crippen LogP) is -2.03. The highest BCUT2D eigenvalue weighted by Crippen LogP contribution is 1.79. The van der Waals surface area contributed by atoms with Crippen LogP contribution in [0.5, 0.6) is 0 Å². The molecule has 0 saturated heterocycles. The van der Waals surface area contributed by atoms with Crippen molar-refractivity contribution >= 4 is 0 Å². The highest BCUT2D eigenvalue weighted by Gasteiger charge is 2.02. The molecule has 0 bridgehead atoms. The number of halogens is 1. The van der Waals surface area contributed by atoms with Gasteiger partial charge in [0.05, 0.1) is 0 Å². The van der Waals surface area contributed by atoms with Crippen molar-refractivity contribution in [1.82, 2.24) is 0 Å². The van der Waals surface area contributed by atoms with E-state index in [4.69, 9.17) is 0 Å². The van der Waals surface area contributed by atoms with Gasteiger partial charge in [0.25, 0.3) is 0 Å². The van der Waals surface area contributed by atoms with Gasteiger partial charge in [-0.25, -0.2) is 0 Å². The normalized spacial score (nSPS) is 9.33. The van der Waals surface area contributed by atoms with Crippen LogP contribution in [0.15, 0.2) is 61.2 Å². The van der Waals surface area contributed by atoms with Crippen LogP contribution in [0.25, 0.3) is 0 Å². The Labute approximate surface area is 96.2 Å². The van der Waals surface area contributed by atoms with Crippen LogP contribution in [0.1, 0.15) is 0 Å². The smallest absolute Gasteiger partial charge is 0.206 e. The molecule has 0 unspecified atom stereocenters. The van der Waals surface area contributed by atoms with Crippen LogP contribution < -0.4 is 21.5 Å². The van der Waals surface area contributed by atoms with E-state index < -0.39 is 0 Å². The van der Waals surface area contributed by atoms with Crippen LogP contribution >= 0.6 is 0 Å². The van der Waals surface area contributed by atoms with Crippen molar-refractivity contribution in [2.45, 2.75) is 13.1 Å². The molecule has 0 fully saturated rings. The minimum absolute atomic E-state index is 0. The molecular weight excluding hydrogens is 208 g/mol. The summed E-state index contributed by atoms with van der Waals surface area (Å²) in [6.07, 6.45) is 8.35. The predicted molar refractivity (Wildman–Crippen MR) is 53.3 cm³/mol. The largest absolute Gasteiger partial charge is 1.00 e. The van der Waals surface area contributed by atoms with Crippen molar-refractivity contribution < 1.29 is 21.5 Å². The lowest BCUT2D eigenvalue weighted by Gasteiger charge is -1.93. The van der Waals surface area contributed by atoms with E-state index in [0.717, 1.165) is 13.1 Å². The standard InChI is InChI=1S/C12H14N2.ClH/c1-3-7-13(8-4-1)11-12-14-9-5-2-6-10-14;/h1-10H,11-12H2;1H/q+2;/p-1. The quantitative estimate of drug-likeness (QED) is 0.528. The Balaban J connectivity index is 0.00000112. The molecule has 0 saturated carbocycles. The molecule has 0 radical (unpaired) electrons. The summed E-state index contributed by atoms with van der Waals surface area (Å²) in [6, 6.07) is 12.3. The Hall–Kier alpha value is -1.41. The molecule has 0 atom stereocenters. The van der Waals surface area contributed by atoms with E-state index in [1.807, 2.05) is 12.1 Å².